The van der Waals surface area contributed by atoms with E-state index in [2.05, 4.69) is 5.32 Å². The lowest BCUT2D eigenvalue weighted by atomic mass is 9.82. The van der Waals surface area contributed by atoms with Gasteiger partial charge in [-0.25, -0.2) is 4.79 Å². The molecular formula is C18H19NO5. The van der Waals surface area contributed by atoms with Crippen molar-refractivity contribution >= 4 is 17.8 Å². The number of fused-ring (bicyclic) bond motifs is 2. The highest BCUT2D eigenvalue weighted by Gasteiger charge is 2.52. The first-order valence-electron chi connectivity index (χ1n) is 7.95. The second kappa shape index (κ2) is 6.47. The van der Waals surface area contributed by atoms with Crippen LogP contribution in [-0.4, -0.2) is 34.1 Å². The van der Waals surface area contributed by atoms with Gasteiger partial charge >= 0.3 is 11.9 Å². The minimum absolute atomic E-state index is 0.123. The summed E-state index contributed by atoms with van der Waals surface area (Å²) in [6, 6.07) is 7.95. The summed E-state index contributed by atoms with van der Waals surface area (Å²) in [4.78, 5) is 35.6. The van der Waals surface area contributed by atoms with E-state index in [-0.39, 0.29) is 18.3 Å². The third kappa shape index (κ3) is 3.04. The molecule has 3 rings (SSSR count). The van der Waals surface area contributed by atoms with Gasteiger partial charge in [-0.1, -0.05) is 42.5 Å². The van der Waals surface area contributed by atoms with Crippen molar-refractivity contribution in [1.29, 1.82) is 0 Å². The molecule has 1 aromatic carbocycles. The van der Waals surface area contributed by atoms with Crippen LogP contribution in [-0.2, 0) is 20.8 Å². The smallest absolute Gasteiger partial charge is 0.326 e. The third-order valence-corrected chi connectivity index (χ3v) is 4.94. The first-order chi connectivity index (χ1) is 11.5. The van der Waals surface area contributed by atoms with E-state index in [1.54, 1.807) is 24.3 Å². The van der Waals surface area contributed by atoms with Gasteiger partial charge in [0.1, 0.15) is 6.04 Å². The Kier molecular flexibility index (Phi) is 4.38. The van der Waals surface area contributed by atoms with E-state index in [0.717, 1.165) is 5.56 Å². The zero-order valence-electron chi connectivity index (χ0n) is 13.0. The van der Waals surface area contributed by atoms with Crippen LogP contribution in [0.5, 0.6) is 0 Å². The maximum atomic E-state index is 12.6. The van der Waals surface area contributed by atoms with E-state index in [1.807, 2.05) is 18.2 Å². The summed E-state index contributed by atoms with van der Waals surface area (Å²) in [5.74, 6) is -4.34. The van der Waals surface area contributed by atoms with Crippen molar-refractivity contribution in [1.82, 2.24) is 5.32 Å². The van der Waals surface area contributed by atoms with Crippen LogP contribution in [0.4, 0.5) is 0 Å². The second-order valence-electron chi connectivity index (χ2n) is 6.43. The van der Waals surface area contributed by atoms with Gasteiger partial charge in [0.05, 0.1) is 11.8 Å². The molecule has 0 heterocycles. The zero-order valence-corrected chi connectivity index (χ0v) is 13.0. The van der Waals surface area contributed by atoms with Gasteiger partial charge < -0.3 is 15.5 Å². The van der Waals surface area contributed by atoms with E-state index < -0.39 is 35.7 Å². The molecule has 0 saturated heterocycles. The topological polar surface area (TPSA) is 104 Å². The van der Waals surface area contributed by atoms with Crippen molar-refractivity contribution in [3.63, 3.8) is 0 Å². The molecule has 3 N–H and O–H groups in total. The molecule has 0 spiro atoms. The number of hydrogen-bond acceptors (Lipinski definition) is 3. The molecule has 1 fully saturated rings. The Balaban J connectivity index is 1.73. The molecule has 2 bridgehead atoms. The quantitative estimate of drug-likeness (QED) is 0.683. The molecule has 24 heavy (non-hydrogen) atoms. The standard InChI is InChI=1S/C18H19NO5/c20-16(14-11-6-7-12(9-11)15(14)18(23)24)19-13(17(21)22)8-10-4-2-1-3-5-10/h1-7,11-15H,8-9H2,(H,19,20)(H,21,22)(H,23,24). The molecule has 6 nitrogen and oxygen atoms in total. The van der Waals surface area contributed by atoms with Crippen LogP contribution < -0.4 is 5.32 Å². The zero-order chi connectivity index (χ0) is 17.3. The van der Waals surface area contributed by atoms with Gasteiger partial charge in [-0.15, -0.1) is 0 Å². The first kappa shape index (κ1) is 16.2. The summed E-state index contributed by atoms with van der Waals surface area (Å²) in [5.41, 5.74) is 0.799. The van der Waals surface area contributed by atoms with E-state index >= 15 is 0 Å². The number of rotatable bonds is 6. The van der Waals surface area contributed by atoms with Gasteiger partial charge in [0.2, 0.25) is 5.91 Å². The van der Waals surface area contributed by atoms with Gasteiger partial charge in [0.25, 0.3) is 0 Å². The van der Waals surface area contributed by atoms with Crippen molar-refractivity contribution in [3.8, 4) is 0 Å². The van der Waals surface area contributed by atoms with Crippen molar-refractivity contribution in [2.24, 2.45) is 23.7 Å². The van der Waals surface area contributed by atoms with Gasteiger partial charge in [-0.3, -0.25) is 9.59 Å². The van der Waals surface area contributed by atoms with Crippen molar-refractivity contribution in [3.05, 3.63) is 48.0 Å². The number of carboxylic acid groups (broad SMARTS) is 2. The third-order valence-electron chi connectivity index (χ3n) is 4.94. The van der Waals surface area contributed by atoms with Crippen LogP contribution in [0.1, 0.15) is 12.0 Å². The van der Waals surface area contributed by atoms with Crippen molar-refractivity contribution < 1.29 is 24.6 Å². The summed E-state index contributed by atoms with van der Waals surface area (Å²) in [7, 11) is 0. The lowest BCUT2D eigenvalue weighted by Gasteiger charge is -2.25. The monoisotopic (exact) mass is 329 g/mol. The minimum Gasteiger partial charge on any atom is -0.481 e. The SMILES string of the molecule is O=C(O)C(Cc1ccccc1)NC(=O)C1C2C=CC(C2)C1C(=O)O. The van der Waals surface area contributed by atoms with E-state index in [9.17, 15) is 24.6 Å². The molecular weight excluding hydrogens is 310 g/mol. The highest BCUT2D eigenvalue weighted by atomic mass is 16.4. The number of aliphatic carboxylic acids is 2. The molecule has 1 saturated carbocycles. The van der Waals surface area contributed by atoms with Crippen LogP contribution in [0.25, 0.3) is 0 Å². The van der Waals surface area contributed by atoms with Crippen LogP contribution in [0.2, 0.25) is 0 Å². The fourth-order valence-electron chi connectivity index (χ4n) is 3.83. The number of nitrogens with one attached hydrogen (secondary N) is 1. The number of carboxylic acids is 2. The number of allylic oxidation sites excluding steroid dienone is 2. The molecule has 0 aliphatic heterocycles. The maximum absolute atomic E-state index is 12.6. The minimum atomic E-state index is -1.13. The van der Waals surface area contributed by atoms with E-state index in [1.165, 1.54) is 0 Å². The Morgan fingerprint density at radius 1 is 1.04 bits per heavy atom. The lowest BCUT2D eigenvalue weighted by Crippen LogP contribution is -2.48. The molecule has 6 heteroatoms. The lowest BCUT2D eigenvalue weighted by molar-refractivity contribution is -0.148. The molecule has 5 unspecified atom stereocenters. The van der Waals surface area contributed by atoms with Gasteiger partial charge in [-0.2, -0.15) is 0 Å². The van der Waals surface area contributed by atoms with Crippen LogP contribution in [0, 0.1) is 23.7 Å². The molecule has 1 aromatic rings. The number of carbonyl (C=O) groups is 3. The highest BCUT2D eigenvalue weighted by molar-refractivity contribution is 5.89. The predicted molar refractivity (Wildman–Crippen MR) is 85.1 cm³/mol. The Bertz CT molecular complexity index is 684. The van der Waals surface area contributed by atoms with E-state index in [4.69, 9.17) is 0 Å². The summed E-state index contributed by atoms with van der Waals surface area (Å²) in [5, 5.41) is 21.3. The Hall–Kier alpha value is -2.63. The fraction of sp³-hybridized carbons (Fsp3) is 0.389. The summed E-state index contributed by atoms with van der Waals surface area (Å²) in [6.07, 6.45) is 4.54. The molecule has 1 amide bonds. The number of amides is 1. The van der Waals surface area contributed by atoms with Crippen LogP contribution in [0.15, 0.2) is 42.5 Å². The second-order valence-corrected chi connectivity index (χ2v) is 6.43. The summed E-state index contributed by atoms with van der Waals surface area (Å²) in [6.45, 7) is 0. The molecule has 126 valence electrons. The van der Waals surface area contributed by atoms with Crippen LogP contribution >= 0.6 is 0 Å². The van der Waals surface area contributed by atoms with Gasteiger partial charge in [0.15, 0.2) is 0 Å². The van der Waals surface area contributed by atoms with Crippen molar-refractivity contribution in [2.45, 2.75) is 18.9 Å². The molecule has 5 atom stereocenters. The Morgan fingerprint density at radius 2 is 1.67 bits per heavy atom. The normalized spacial score (nSPS) is 28.5. The molecule has 2 aliphatic carbocycles. The Labute approximate surface area is 139 Å². The van der Waals surface area contributed by atoms with Gasteiger partial charge in [-0.05, 0) is 23.8 Å². The number of hydrogen-bond donors (Lipinski definition) is 3. The average molecular weight is 329 g/mol. The molecule has 0 aromatic heterocycles. The van der Waals surface area contributed by atoms with Gasteiger partial charge in [0, 0.05) is 6.42 Å². The summed E-state index contributed by atoms with van der Waals surface area (Å²) >= 11 is 0. The summed E-state index contributed by atoms with van der Waals surface area (Å²) < 4.78 is 0. The average Bonchev–Trinajstić information content (AvgIpc) is 3.16. The van der Waals surface area contributed by atoms with E-state index in [0.29, 0.717) is 6.42 Å². The van der Waals surface area contributed by atoms with Crippen molar-refractivity contribution in [2.75, 3.05) is 0 Å². The number of carbonyl (C=O) groups excluding carboxylic acids is 1. The largest absolute Gasteiger partial charge is 0.481 e. The van der Waals surface area contributed by atoms with Crippen LogP contribution in [0.3, 0.4) is 0 Å². The molecule has 2 aliphatic rings. The number of benzene rings is 1. The molecule has 0 radical (unpaired) electrons. The Morgan fingerprint density at radius 3 is 2.25 bits per heavy atom. The maximum Gasteiger partial charge on any atom is 0.326 e. The fourth-order valence-corrected chi connectivity index (χ4v) is 3.83. The highest BCUT2D eigenvalue weighted by Crippen LogP contribution is 2.48. The first-order valence-corrected chi connectivity index (χ1v) is 7.95. The predicted octanol–water partition coefficient (Wildman–Crippen LogP) is 1.32.